The van der Waals surface area contributed by atoms with Gasteiger partial charge in [0.15, 0.2) is 0 Å². The first-order valence-electron chi connectivity index (χ1n) is 8.45. The fraction of sp³-hybridized carbons (Fsp3) is 0.300. The number of carbonyl (C=O) groups excluding carboxylic acids is 2. The summed E-state index contributed by atoms with van der Waals surface area (Å²) in [5, 5.41) is 5.53. The monoisotopic (exact) mass is 466 g/mol. The zero-order valence-corrected chi connectivity index (χ0v) is 17.2. The predicted molar refractivity (Wildman–Crippen MR) is 110 cm³/mol. The van der Waals surface area contributed by atoms with Crippen LogP contribution in [0.1, 0.15) is 42.7 Å². The second kappa shape index (κ2) is 9.56. The topological polar surface area (TPSA) is 67.4 Å². The molecule has 0 saturated heterocycles. The number of rotatable bonds is 7. The summed E-state index contributed by atoms with van der Waals surface area (Å²) in [5.74, 6) is 0.305. The molecule has 0 aliphatic rings. The van der Waals surface area contributed by atoms with Gasteiger partial charge in [-0.3, -0.25) is 9.59 Å². The second-order valence-electron chi connectivity index (χ2n) is 6.19. The van der Waals surface area contributed by atoms with Crippen LogP contribution < -0.4 is 15.4 Å². The van der Waals surface area contributed by atoms with Crippen molar-refractivity contribution >= 4 is 34.4 Å². The van der Waals surface area contributed by atoms with Crippen molar-refractivity contribution in [2.75, 3.05) is 6.54 Å². The first kappa shape index (κ1) is 20.2. The number of amides is 2. The van der Waals surface area contributed by atoms with E-state index in [2.05, 4.69) is 33.2 Å². The molecule has 0 spiro atoms. The van der Waals surface area contributed by atoms with E-state index in [4.69, 9.17) is 4.74 Å². The van der Waals surface area contributed by atoms with E-state index in [1.807, 2.05) is 57.2 Å². The Morgan fingerprint density at radius 2 is 1.69 bits per heavy atom. The highest BCUT2D eigenvalue weighted by molar-refractivity contribution is 14.1. The highest BCUT2D eigenvalue weighted by Gasteiger charge is 2.13. The minimum Gasteiger partial charge on any atom is -0.491 e. The molecule has 0 bridgehead atoms. The van der Waals surface area contributed by atoms with Gasteiger partial charge in [0.2, 0.25) is 5.91 Å². The van der Waals surface area contributed by atoms with Crippen LogP contribution in [0.3, 0.4) is 0 Å². The Hall–Kier alpha value is -2.09. The van der Waals surface area contributed by atoms with Crippen LogP contribution in [0.5, 0.6) is 5.75 Å². The average molecular weight is 466 g/mol. The lowest BCUT2D eigenvalue weighted by atomic mass is 10.1. The molecule has 1 atom stereocenters. The van der Waals surface area contributed by atoms with Gasteiger partial charge in [-0.2, -0.15) is 0 Å². The molecule has 5 nitrogen and oxygen atoms in total. The van der Waals surface area contributed by atoms with Crippen molar-refractivity contribution in [2.24, 2.45) is 0 Å². The minimum absolute atomic E-state index is 0.0668. The maximum absolute atomic E-state index is 12.1. The van der Waals surface area contributed by atoms with E-state index in [0.29, 0.717) is 5.56 Å². The van der Waals surface area contributed by atoms with Crippen LogP contribution in [-0.2, 0) is 4.79 Å². The summed E-state index contributed by atoms with van der Waals surface area (Å²) in [5.41, 5.74) is 1.54. The number of halogens is 1. The van der Waals surface area contributed by atoms with Gasteiger partial charge in [0, 0.05) is 3.57 Å². The molecule has 26 heavy (non-hydrogen) atoms. The Bertz CT molecular complexity index is 760. The Balaban J connectivity index is 1.85. The van der Waals surface area contributed by atoms with Crippen LogP contribution in [0.4, 0.5) is 0 Å². The Kier molecular flexibility index (Phi) is 7.44. The summed E-state index contributed by atoms with van der Waals surface area (Å²) in [6, 6.07) is 14.7. The van der Waals surface area contributed by atoms with Gasteiger partial charge in [-0.25, -0.2) is 0 Å². The summed E-state index contributed by atoms with van der Waals surface area (Å²) in [6.07, 6.45) is 0.120. The van der Waals surface area contributed by atoms with Crippen molar-refractivity contribution in [1.29, 1.82) is 0 Å². The van der Waals surface area contributed by atoms with Crippen molar-refractivity contribution in [3.63, 3.8) is 0 Å². The summed E-state index contributed by atoms with van der Waals surface area (Å²) in [7, 11) is 0. The van der Waals surface area contributed by atoms with Crippen LogP contribution in [0.15, 0.2) is 48.5 Å². The van der Waals surface area contributed by atoms with E-state index in [1.54, 1.807) is 12.1 Å². The maximum Gasteiger partial charge on any atom is 0.252 e. The molecule has 1 unspecified atom stereocenters. The normalized spacial score (nSPS) is 11.7. The van der Waals surface area contributed by atoms with E-state index in [-0.39, 0.29) is 30.5 Å². The first-order chi connectivity index (χ1) is 12.4. The van der Waals surface area contributed by atoms with Gasteiger partial charge in [0.1, 0.15) is 5.75 Å². The van der Waals surface area contributed by atoms with Gasteiger partial charge in [0.05, 0.1) is 24.3 Å². The van der Waals surface area contributed by atoms with Gasteiger partial charge in [-0.1, -0.05) is 24.3 Å². The van der Waals surface area contributed by atoms with Crippen LogP contribution >= 0.6 is 22.6 Å². The smallest absolute Gasteiger partial charge is 0.252 e. The van der Waals surface area contributed by atoms with Crippen LogP contribution in [0.2, 0.25) is 0 Å². The molecule has 0 aromatic heterocycles. The highest BCUT2D eigenvalue weighted by atomic mass is 127. The van der Waals surface area contributed by atoms with Crippen LogP contribution in [0.25, 0.3) is 0 Å². The molecule has 0 aliphatic carbocycles. The third kappa shape index (κ3) is 6.01. The number of hydrogen-bond acceptors (Lipinski definition) is 3. The van der Waals surface area contributed by atoms with Gasteiger partial charge in [0.25, 0.3) is 5.91 Å². The summed E-state index contributed by atoms with van der Waals surface area (Å²) in [4.78, 5) is 24.2. The molecule has 2 aromatic rings. The van der Waals surface area contributed by atoms with E-state index < -0.39 is 0 Å². The molecule has 138 valence electrons. The van der Waals surface area contributed by atoms with Gasteiger partial charge >= 0.3 is 0 Å². The van der Waals surface area contributed by atoms with Crippen molar-refractivity contribution in [2.45, 2.75) is 32.9 Å². The Morgan fingerprint density at radius 3 is 2.31 bits per heavy atom. The predicted octanol–water partition coefficient (Wildman–Crippen LogP) is 3.69. The van der Waals surface area contributed by atoms with Crippen LogP contribution in [0, 0.1) is 3.57 Å². The SMILES string of the molecule is CC(C)Oc1ccc(C(C)NC(=O)CNC(=O)c2ccccc2I)cc1. The molecule has 0 saturated carbocycles. The summed E-state index contributed by atoms with van der Waals surface area (Å²) < 4.78 is 6.46. The number of ether oxygens (including phenoxy) is 1. The van der Waals surface area contributed by atoms with Crippen molar-refractivity contribution in [3.05, 3.63) is 63.2 Å². The molecule has 0 aliphatic heterocycles. The molecule has 6 heteroatoms. The Labute approximate surface area is 167 Å². The third-order valence-corrected chi connectivity index (χ3v) is 4.60. The number of carbonyl (C=O) groups is 2. The van der Waals surface area contributed by atoms with Crippen LogP contribution in [-0.4, -0.2) is 24.5 Å². The van der Waals surface area contributed by atoms with Crippen molar-refractivity contribution in [1.82, 2.24) is 10.6 Å². The molecule has 0 radical (unpaired) electrons. The van der Waals surface area contributed by atoms with Gasteiger partial charge in [-0.15, -0.1) is 0 Å². The van der Waals surface area contributed by atoms with E-state index in [0.717, 1.165) is 14.9 Å². The van der Waals surface area contributed by atoms with Crippen molar-refractivity contribution < 1.29 is 14.3 Å². The summed E-state index contributed by atoms with van der Waals surface area (Å²) >= 11 is 2.10. The zero-order chi connectivity index (χ0) is 19.1. The van der Waals surface area contributed by atoms with E-state index in [1.165, 1.54) is 0 Å². The maximum atomic E-state index is 12.1. The van der Waals surface area contributed by atoms with E-state index >= 15 is 0 Å². The molecular formula is C20H23IN2O3. The van der Waals surface area contributed by atoms with Gasteiger partial charge in [-0.05, 0) is 73.2 Å². The lowest BCUT2D eigenvalue weighted by Crippen LogP contribution is -2.38. The largest absolute Gasteiger partial charge is 0.491 e. The minimum atomic E-state index is -0.256. The number of benzene rings is 2. The average Bonchev–Trinajstić information content (AvgIpc) is 2.60. The zero-order valence-electron chi connectivity index (χ0n) is 15.1. The molecule has 2 aromatic carbocycles. The lowest BCUT2D eigenvalue weighted by Gasteiger charge is -2.16. The standard InChI is InChI=1S/C20H23IN2O3/c1-13(2)26-16-10-8-15(9-11-16)14(3)23-19(24)12-22-20(25)17-6-4-5-7-18(17)21/h4-11,13-14H,12H2,1-3H3,(H,22,25)(H,23,24). The molecular weight excluding hydrogens is 443 g/mol. The fourth-order valence-electron chi connectivity index (χ4n) is 2.38. The van der Waals surface area contributed by atoms with E-state index in [9.17, 15) is 9.59 Å². The third-order valence-electron chi connectivity index (χ3n) is 3.66. The number of nitrogens with one attached hydrogen (secondary N) is 2. The molecule has 0 fully saturated rings. The molecule has 2 amide bonds. The van der Waals surface area contributed by atoms with Crippen molar-refractivity contribution in [3.8, 4) is 5.75 Å². The number of hydrogen-bond donors (Lipinski definition) is 2. The molecule has 0 heterocycles. The first-order valence-corrected chi connectivity index (χ1v) is 9.53. The fourth-order valence-corrected chi connectivity index (χ4v) is 3.02. The second-order valence-corrected chi connectivity index (χ2v) is 7.35. The quantitative estimate of drug-likeness (QED) is 0.612. The molecule has 2 N–H and O–H groups in total. The Morgan fingerprint density at radius 1 is 1.04 bits per heavy atom. The lowest BCUT2D eigenvalue weighted by molar-refractivity contribution is -0.120. The highest BCUT2D eigenvalue weighted by Crippen LogP contribution is 2.18. The van der Waals surface area contributed by atoms with Gasteiger partial charge < -0.3 is 15.4 Å². The summed E-state index contributed by atoms with van der Waals surface area (Å²) in [6.45, 7) is 5.78. The molecule has 2 rings (SSSR count).